The van der Waals surface area contributed by atoms with Crippen LogP contribution in [-0.2, 0) is 17.6 Å². The Balaban J connectivity index is 1.58. The van der Waals surface area contributed by atoms with Crippen LogP contribution in [0.25, 0.3) is 22.2 Å². The SMILES string of the molecule is CCOC(=O)c1c(NC(=O)c2cc(-c3cccc(C)c3)nc3ccccc23)sc2c1CCCCC2. The van der Waals surface area contributed by atoms with Crippen LogP contribution < -0.4 is 5.32 Å². The predicted octanol–water partition coefficient (Wildman–Crippen LogP) is 6.97. The molecule has 1 amide bonds. The Labute approximate surface area is 209 Å². The van der Waals surface area contributed by atoms with Crippen LogP contribution >= 0.6 is 11.3 Å². The quantitative estimate of drug-likeness (QED) is 0.245. The largest absolute Gasteiger partial charge is 0.462 e. The average molecular weight is 485 g/mol. The molecule has 2 aromatic carbocycles. The van der Waals surface area contributed by atoms with E-state index < -0.39 is 0 Å². The number of amides is 1. The Morgan fingerprint density at radius 3 is 2.69 bits per heavy atom. The molecule has 1 aliphatic rings. The minimum Gasteiger partial charge on any atom is -0.462 e. The topological polar surface area (TPSA) is 68.3 Å². The highest BCUT2D eigenvalue weighted by molar-refractivity contribution is 7.17. The van der Waals surface area contributed by atoms with E-state index in [2.05, 4.69) is 11.4 Å². The first-order chi connectivity index (χ1) is 17.0. The molecule has 35 heavy (non-hydrogen) atoms. The summed E-state index contributed by atoms with van der Waals surface area (Å²) < 4.78 is 5.39. The number of rotatable bonds is 5. The number of esters is 1. The van der Waals surface area contributed by atoms with E-state index >= 15 is 0 Å². The standard InChI is InChI=1S/C29H28N2O3S/c1-3-34-29(33)26-21-13-5-4-6-15-25(21)35-28(26)31-27(32)22-17-24(19-11-9-10-18(2)16-19)30-23-14-8-7-12-20(22)23/h7-12,14,16-17H,3-6,13,15H2,1-2H3,(H,31,32). The van der Waals surface area contributed by atoms with Gasteiger partial charge in [-0.05, 0) is 63.3 Å². The van der Waals surface area contributed by atoms with Crippen molar-refractivity contribution in [1.29, 1.82) is 0 Å². The Morgan fingerprint density at radius 1 is 1.03 bits per heavy atom. The summed E-state index contributed by atoms with van der Waals surface area (Å²) in [6.07, 6.45) is 5.05. The van der Waals surface area contributed by atoms with Crippen LogP contribution in [0.3, 0.4) is 0 Å². The number of carbonyl (C=O) groups is 2. The van der Waals surface area contributed by atoms with Gasteiger partial charge in [-0.3, -0.25) is 4.79 Å². The Morgan fingerprint density at radius 2 is 1.86 bits per heavy atom. The second-order valence-electron chi connectivity index (χ2n) is 8.88. The van der Waals surface area contributed by atoms with Gasteiger partial charge in [0.1, 0.15) is 5.00 Å². The molecule has 178 valence electrons. The Kier molecular flexibility index (Phi) is 6.64. The third-order valence-electron chi connectivity index (χ3n) is 6.40. The molecule has 0 radical (unpaired) electrons. The van der Waals surface area contributed by atoms with Crippen molar-refractivity contribution in [3.8, 4) is 11.3 Å². The second kappa shape index (κ2) is 10.0. The third-order valence-corrected chi connectivity index (χ3v) is 7.61. The molecule has 2 aromatic heterocycles. The molecule has 6 heteroatoms. The number of carbonyl (C=O) groups excluding carboxylic acids is 2. The van der Waals surface area contributed by atoms with Crippen LogP contribution in [0.5, 0.6) is 0 Å². The van der Waals surface area contributed by atoms with Crippen molar-refractivity contribution in [2.75, 3.05) is 11.9 Å². The molecule has 5 rings (SSSR count). The number of hydrogen-bond acceptors (Lipinski definition) is 5. The third kappa shape index (κ3) is 4.71. The molecule has 5 nitrogen and oxygen atoms in total. The van der Waals surface area contributed by atoms with Crippen LogP contribution in [0.4, 0.5) is 5.00 Å². The maximum Gasteiger partial charge on any atom is 0.341 e. The van der Waals surface area contributed by atoms with Gasteiger partial charge in [0.15, 0.2) is 0 Å². The summed E-state index contributed by atoms with van der Waals surface area (Å²) >= 11 is 1.51. The van der Waals surface area contributed by atoms with Crippen molar-refractivity contribution in [2.45, 2.75) is 46.0 Å². The molecule has 0 spiro atoms. The lowest BCUT2D eigenvalue weighted by atomic mass is 10.0. The summed E-state index contributed by atoms with van der Waals surface area (Å²) in [6.45, 7) is 4.14. The van der Waals surface area contributed by atoms with Gasteiger partial charge in [0, 0.05) is 15.8 Å². The molecular weight excluding hydrogens is 456 g/mol. The number of anilines is 1. The first-order valence-electron chi connectivity index (χ1n) is 12.1. The van der Waals surface area contributed by atoms with Gasteiger partial charge in [-0.2, -0.15) is 0 Å². The number of benzene rings is 2. The van der Waals surface area contributed by atoms with E-state index in [0.29, 0.717) is 22.7 Å². The normalized spacial score (nSPS) is 13.2. The molecule has 2 heterocycles. The van der Waals surface area contributed by atoms with Crippen LogP contribution in [0.1, 0.15) is 62.9 Å². The van der Waals surface area contributed by atoms with Gasteiger partial charge in [0.05, 0.1) is 28.9 Å². The van der Waals surface area contributed by atoms with Crippen LogP contribution in [0, 0.1) is 6.92 Å². The summed E-state index contributed by atoms with van der Waals surface area (Å²) in [7, 11) is 0. The monoisotopic (exact) mass is 484 g/mol. The number of pyridine rings is 1. The fourth-order valence-corrected chi connectivity index (χ4v) is 6.01. The molecule has 1 N–H and O–H groups in total. The van der Waals surface area contributed by atoms with Gasteiger partial charge in [0.25, 0.3) is 5.91 Å². The highest BCUT2D eigenvalue weighted by atomic mass is 32.1. The van der Waals surface area contributed by atoms with Crippen molar-refractivity contribution in [2.24, 2.45) is 0 Å². The van der Waals surface area contributed by atoms with Crippen molar-refractivity contribution in [3.63, 3.8) is 0 Å². The fourth-order valence-electron chi connectivity index (χ4n) is 4.74. The lowest BCUT2D eigenvalue weighted by Crippen LogP contribution is -2.16. The van der Waals surface area contributed by atoms with E-state index in [4.69, 9.17) is 9.72 Å². The van der Waals surface area contributed by atoms with Gasteiger partial charge < -0.3 is 10.1 Å². The Hall–Kier alpha value is -3.51. The van der Waals surface area contributed by atoms with Crippen molar-refractivity contribution in [1.82, 2.24) is 4.98 Å². The number of ether oxygens (including phenoxy) is 1. The van der Waals surface area contributed by atoms with Crippen LogP contribution in [0.2, 0.25) is 0 Å². The lowest BCUT2D eigenvalue weighted by molar-refractivity contribution is 0.0527. The molecular formula is C29H28N2O3S. The fraction of sp³-hybridized carbons (Fsp3) is 0.276. The van der Waals surface area contributed by atoms with Gasteiger partial charge in [-0.1, -0.05) is 48.4 Å². The average Bonchev–Trinajstić information content (AvgIpc) is 3.03. The smallest absolute Gasteiger partial charge is 0.341 e. The van der Waals surface area contributed by atoms with Crippen molar-refractivity contribution in [3.05, 3.63) is 81.7 Å². The molecule has 0 unspecified atom stereocenters. The molecule has 4 aromatic rings. The molecule has 1 aliphatic carbocycles. The van der Waals surface area contributed by atoms with E-state index in [9.17, 15) is 9.59 Å². The van der Waals surface area contributed by atoms with E-state index in [1.165, 1.54) is 16.2 Å². The number of fused-ring (bicyclic) bond motifs is 2. The maximum atomic E-state index is 13.7. The second-order valence-corrected chi connectivity index (χ2v) is 9.99. The van der Waals surface area contributed by atoms with Crippen LogP contribution in [0.15, 0.2) is 54.6 Å². The first-order valence-corrected chi connectivity index (χ1v) is 13.0. The Bertz CT molecular complexity index is 1420. The number of nitrogens with one attached hydrogen (secondary N) is 1. The number of aryl methyl sites for hydroxylation is 2. The summed E-state index contributed by atoms with van der Waals surface area (Å²) in [6, 6.07) is 17.6. The van der Waals surface area contributed by atoms with E-state index in [1.54, 1.807) is 6.92 Å². The van der Waals surface area contributed by atoms with Gasteiger partial charge in [-0.25, -0.2) is 9.78 Å². The number of nitrogens with zero attached hydrogens (tertiary/aromatic N) is 1. The van der Waals surface area contributed by atoms with Crippen LogP contribution in [-0.4, -0.2) is 23.5 Å². The maximum absolute atomic E-state index is 13.7. The summed E-state index contributed by atoms with van der Waals surface area (Å²) in [5.41, 5.74) is 5.68. The molecule has 0 fully saturated rings. The molecule has 0 saturated heterocycles. The first kappa shape index (κ1) is 23.2. The van der Waals surface area contributed by atoms with Crippen molar-refractivity contribution < 1.29 is 14.3 Å². The minimum absolute atomic E-state index is 0.250. The molecule has 0 saturated carbocycles. The number of thiophene rings is 1. The number of aromatic nitrogens is 1. The minimum atomic E-state index is -0.359. The van der Waals surface area contributed by atoms with Gasteiger partial charge >= 0.3 is 5.97 Å². The summed E-state index contributed by atoms with van der Waals surface area (Å²) in [5, 5.41) is 4.43. The molecule has 0 aliphatic heterocycles. The van der Waals surface area contributed by atoms with Crippen molar-refractivity contribution >= 4 is 39.1 Å². The van der Waals surface area contributed by atoms with E-state index in [-0.39, 0.29) is 11.9 Å². The summed E-state index contributed by atoms with van der Waals surface area (Å²) in [4.78, 5) is 32.6. The predicted molar refractivity (Wildman–Crippen MR) is 141 cm³/mol. The summed E-state index contributed by atoms with van der Waals surface area (Å²) in [5.74, 6) is -0.610. The number of para-hydroxylation sites is 1. The van der Waals surface area contributed by atoms with E-state index in [1.807, 2.05) is 55.5 Å². The molecule has 0 bridgehead atoms. The van der Waals surface area contributed by atoms with E-state index in [0.717, 1.165) is 65.4 Å². The molecule has 0 atom stereocenters. The zero-order valence-electron chi connectivity index (χ0n) is 20.0. The zero-order chi connectivity index (χ0) is 24.4. The highest BCUT2D eigenvalue weighted by Gasteiger charge is 2.27. The lowest BCUT2D eigenvalue weighted by Gasteiger charge is -2.12. The zero-order valence-corrected chi connectivity index (χ0v) is 20.8. The highest BCUT2D eigenvalue weighted by Crippen LogP contribution is 2.38. The van der Waals surface area contributed by atoms with Gasteiger partial charge in [0.2, 0.25) is 0 Å². The number of hydrogen-bond donors (Lipinski definition) is 1. The van der Waals surface area contributed by atoms with Gasteiger partial charge in [-0.15, -0.1) is 11.3 Å².